The van der Waals surface area contributed by atoms with E-state index in [1.807, 2.05) is 24.6 Å². The van der Waals surface area contributed by atoms with Gasteiger partial charge in [-0.25, -0.2) is 0 Å². The predicted octanol–water partition coefficient (Wildman–Crippen LogP) is 0.808. The second-order valence-corrected chi connectivity index (χ2v) is 3.78. The highest BCUT2D eigenvalue weighted by atomic mass is 32.1. The van der Waals surface area contributed by atoms with E-state index in [0.29, 0.717) is 6.54 Å². The Hall–Kier alpha value is -0.870. The zero-order chi connectivity index (χ0) is 8.55. The molecule has 0 spiro atoms. The van der Waals surface area contributed by atoms with Gasteiger partial charge in [-0.2, -0.15) is 0 Å². The van der Waals surface area contributed by atoms with Gasteiger partial charge >= 0.3 is 0 Å². The van der Waals surface area contributed by atoms with E-state index in [0.717, 1.165) is 0 Å². The number of carbonyl (C=O) groups excluding carboxylic acids is 1. The lowest BCUT2D eigenvalue weighted by Crippen LogP contribution is -2.24. The molecule has 2 heterocycles. The Kier molecular flexibility index (Phi) is 1.86. The van der Waals surface area contributed by atoms with E-state index < -0.39 is 0 Å². The van der Waals surface area contributed by atoms with Gasteiger partial charge in [-0.15, -0.1) is 11.3 Å². The van der Waals surface area contributed by atoms with Crippen LogP contribution in [0.1, 0.15) is 11.0 Å². The molecule has 1 aromatic rings. The van der Waals surface area contributed by atoms with Crippen molar-refractivity contribution >= 4 is 17.2 Å². The topological polar surface area (TPSA) is 32.3 Å². The van der Waals surface area contributed by atoms with Gasteiger partial charge in [-0.05, 0) is 11.4 Å². The van der Waals surface area contributed by atoms with Crippen molar-refractivity contribution in [2.24, 2.45) is 0 Å². The number of hydrogen-bond acceptors (Lipinski definition) is 3. The largest absolute Gasteiger partial charge is 0.324 e. The molecule has 0 saturated carbocycles. The van der Waals surface area contributed by atoms with Crippen LogP contribution in [-0.4, -0.2) is 24.4 Å². The molecule has 1 aliphatic rings. The monoisotopic (exact) mass is 182 g/mol. The summed E-state index contributed by atoms with van der Waals surface area (Å²) in [6, 6.07) is 4.04. The molecule has 0 aromatic carbocycles. The van der Waals surface area contributed by atoms with E-state index in [-0.39, 0.29) is 12.1 Å². The van der Waals surface area contributed by atoms with Crippen molar-refractivity contribution in [3.05, 3.63) is 22.4 Å². The first-order valence-electron chi connectivity index (χ1n) is 3.81. The van der Waals surface area contributed by atoms with Crippen LogP contribution < -0.4 is 5.32 Å². The minimum atomic E-state index is 0.0949. The van der Waals surface area contributed by atoms with Gasteiger partial charge in [0, 0.05) is 11.9 Å². The number of nitrogens with zero attached hydrogens (tertiary/aromatic N) is 1. The van der Waals surface area contributed by atoms with Crippen molar-refractivity contribution in [1.29, 1.82) is 0 Å². The first-order valence-corrected chi connectivity index (χ1v) is 4.69. The fourth-order valence-electron chi connectivity index (χ4n) is 1.33. The third-order valence-electron chi connectivity index (χ3n) is 2.04. The molecule has 4 heteroatoms. The lowest BCUT2D eigenvalue weighted by Gasteiger charge is -2.17. The minimum Gasteiger partial charge on any atom is -0.324 e. The van der Waals surface area contributed by atoms with Crippen LogP contribution in [0.2, 0.25) is 0 Å². The van der Waals surface area contributed by atoms with Gasteiger partial charge in [0.2, 0.25) is 5.91 Å². The van der Waals surface area contributed by atoms with E-state index in [9.17, 15) is 4.79 Å². The lowest BCUT2D eigenvalue weighted by atomic mass is 10.4. The van der Waals surface area contributed by atoms with Crippen molar-refractivity contribution in [2.75, 3.05) is 13.6 Å². The zero-order valence-corrected chi connectivity index (χ0v) is 7.60. The third-order valence-corrected chi connectivity index (χ3v) is 2.96. The summed E-state index contributed by atoms with van der Waals surface area (Å²) in [6.45, 7) is 0.457. The first kappa shape index (κ1) is 7.76. The molecule has 1 fully saturated rings. The van der Waals surface area contributed by atoms with Crippen molar-refractivity contribution in [2.45, 2.75) is 6.17 Å². The molecule has 12 heavy (non-hydrogen) atoms. The van der Waals surface area contributed by atoms with Gasteiger partial charge in [0.1, 0.15) is 6.17 Å². The molecule has 1 aromatic heterocycles. The van der Waals surface area contributed by atoms with Crippen molar-refractivity contribution in [1.82, 2.24) is 10.2 Å². The average Bonchev–Trinajstić information content (AvgIpc) is 2.64. The van der Waals surface area contributed by atoms with E-state index in [1.165, 1.54) is 4.88 Å². The van der Waals surface area contributed by atoms with Gasteiger partial charge in [-0.1, -0.05) is 6.07 Å². The normalized spacial score (nSPS) is 23.6. The van der Waals surface area contributed by atoms with Crippen molar-refractivity contribution < 1.29 is 4.79 Å². The molecule has 2 rings (SSSR count). The summed E-state index contributed by atoms with van der Waals surface area (Å²) in [5, 5.41) is 5.17. The van der Waals surface area contributed by atoms with Gasteiger partial charge in [0.25, 0.3) is 0 Å². The smallest absolute Gasteiger partial charge is 0.237 e. The van der Waals surface area contributed by atoms with Crippen LogP contribution in [0.3, 0.4) is 0 Å². The van der Waals surface area contributed by atoms with E-state index >= 15 is 0 Å². The van der Waals surface area contributed by atoms with Gasteiger partial charge in [-0.3, -0.25) is 10.1 Å². The zero-order valence-electron chi connectivity index (χ0n) is 6.78. The van der Waals surface area contributed by atoms with Crippen LogP contribution in [0, 0.1) is 0 Å². The number of amides is 1. The van der Waals surface area contributed by atoms with Gasteiger partial charge in [0.15, 0.2) is 0 Å². The summed E-state index contributed by atoms with van der Waals surface area (Å²) in [7, 11) is 1.83. The quantitative estimate of drug-likeness (QED) is 0.697. The maximum absolute atomic E-state index is 11.1. The first-order chi connectivity index (χ1) is 5.79. The van der Waals surface area contributed by atoms with E-state index in [2.05, 4.69) is 5.32 Å². The number of carbonyl (C=O) groups is 1. The Morgan fingerprint density at radius 1 is 1.75 bits per heavy atom. The number of likely N-dealkylation sites (N-methyl/N-ethyl adjacent to an activating group) is 1. The summed E-state index contributed by atoms with van der Waals surface area (Å²) in [5.74, 6) is 0.161. The molecule has 1 amide bonds. The van der Waals surface area contributed by atoms with Crippen LogP contribution in [-0.2, 0) is 4.79 Å². The average molecular weight is 182 g/mol. The molecule has 1 saturated heterocycles. The van der Waals surface area contributed by atoms with Crippen LogP contribution in [0.5, 0.6) is 0 Å². The van der Waals surface area contributed by atoms with Crippen molar-refractivity contribution in [3.63, 3.8) is 0 Å². The molecule has 1 unspecified atom stereocenters. The minimum absolute atomic E-state index is 0.0949. The highest BCUT2D eigenvalue weighted by molar-refractivity contribution is 7.10. The Balaban J connectivity index is 2.21. The molecule has 1 atom stereocenters. The van der Waals surface area contributed by atoms with Crippen LogP contribution in [0.4, 0.5) is 0 Å². The van der Waals surface area contributed by atoms with Crippen LogP contribution in [0.25, 0.3) is 0 Å². The molecule has 0 radical (unpaired) electrons. The second kappa shape index (κ2) is 2.88. The van der Waals surface area contributed by atoms with E-state index in [4.69, 9.17) is 0 Å². The Bertz CT molecular complexity index is 283. The highest BCUT2D eigenvalue weighted by Gasteiger charge is 2.28. The van der Waals surface area contributed by atoms with Crippen LogP contribution >= 0.6 is 11.3 Å². The summed E-state index contributed by atoms with van der Waals surface area (Å²) in [6.07, 6.45) is 0.0949. The fraction of sp³-hybridized carbons (Fsp3) is 0.375. The molecule has 0 aliphatic carbocycles. The maximum atomic E-state index is 11.1. The molecule has 1 N–H and O–H groups in total. The molecule has 1 aliphatic heterocycles. The molecule has 3 nitrogen and oxygen atoms in total. The predicted molar refractivity (Wildman–Crippen MR) is 47.8 cm³/mol. The molecular weight excluding hydrogens is 172 g/mol. The number of nitrogens with one attached hydrogen (secondary N) is 1. The second-order valence-electron chi connectivity index (χ2n) is 2.80. The van der Waals surface area contributed by atoms with Gasteiger partial charge < -0.3 is 4.90 Å². The SMILES string of the molecule is CN1C(=O)CNC1c1cccs1. The summed E-state index contributed by atoms with van der Waals surface area (Å²) >= 11 is 1.67. The standard InChI is InChI=1S/C8H10N2OS/c1-10-7(11)5-9-8(10)6-3-2-4-12-6/h2-4,8-9H,5H2,1H3. The Morgan fingerprint density at radius 3 is 3.08 bits per heavy atom. The Morgan fingerprint density at radius 2 is 2.58 bits per heavy atom. The van der Waals surface area contributed by atoms with Crippen molar-refractivity contribution in [3.8, 4) is 0 Å². The third kappa shape index (κ3) is 1.13. The van der Waals surface area contributed by atoms with Gasteiger partial charge in [0.05, 0.1) is 6.54 Å². The molecule has 0 bridgehead atoms. The number of rotatable bonds is 1. The number of hydrogen-bond donors (Lipinski definition) is 1. The summed E-state index contributed by atoms with van der Waals surface area (Å²) < 4.78 is 0. The highest BCUT2D eigenvalue weighted by Crippen LogP contribution is 2.24. The van der Waals surface area contributed by atoms with Crippen LogP contribution in [0.15, 0.2) is 17.5 Å². The van der Waals surface area contributed by atoms with E-state index in [1.54, 1.807) is 16.2 Å². The Labute approximate surface area is 75.0 Å². The lowest BCUT2D eigenvalue weighted by molar-refractivity contribution is -0.126. The fourth-order valence-corrected chi connectivity index (χ4v) is 2.17. The molecule has 64 valence electrons. The summed E-state index contributed by atoms with van der Waals surface area (Å²) in [5.41, 5.74) is 0. The molecular formula is C8H10N2OS. The summed E-state index contributed by atoms with van der Waals surface area (Å²) in [4.78, 5) is 14.1. The number of thiophene rings is 1. The maximum Gasteiger partial charge on any atom is 0.237 e.